The third-order valence-electron chi connectivity index (χ3n) is 2.96. The van der Waals surface area contributed by atoms with Crippen LogP contribution >= 0.6 is 0 Å². The molecule has 0 amide bonds. The summed E-state index contributed by atoms with van der Waals surface area (Å²) in [7, 11) is 0. The van der Waals surface area contributed by atoms with E-state index >= 15 is 0 Å². The zero-order valence-corrected chi connectivity index (χ0v) is 11.5. The van der Waals surface area contributed by atoms with Crippen molar-refractivity contribution in [2.75, 3.05) is 13.2 Å². The van der Waals surface area contributed by atoms with Crippen LogP contribution in [0.4, 0.5) is 0 Å². The molecule has 1 heterocycles. The first kappa shape index (κ1) is 14.5. The lowest BCUT2D eigenvalue weighted by atomic mass is 10.1. The molecule has 5 heteroatoms. The summed E-state index contributed by atoms with van der Waals surface area (Å²) in [6.45, 7) is 2.52. The highest BCUT2D eigenvalue weighted by molar-refractivity contribution is 6.40. The van der Waals surface area contributed by atoms with Crippen LogP contribution in [0.15, 0.2) is 24.3 Å². The van der Waals surface area contributed by atoms with Gasteiger partial charge in [0.15, 0.2) is 6.29 Å². The van der Waals surface area contributed by atoms with Crippen LogP contribution in [0.25, 0.3) is 0 Å². The highest BCUT2D eigenvalue weighted by Crippen LogP contribution is 2.20. The number of hydrogen-bond acceptors (Lipinski definition) is 5. The second kappa shape index (κ2) is 7.05. The first-order chi connectivity index (χ1) is 9.70. The number of benzene rings is 1. The molecule has 0 bridgehead atoms. The van der Waals surface area contributed by atoms with Crippen LogP contribution in [0.5, 0.6) is 5.75 Å². The monoisotopic (exact) mass is 278 g/mol. The van der Waals surface area contributed by atoms with Gasteiger partial charge in [0.05, 0.1) is 13.2 Å². The van der Waals surface area contributed by atoms with Gasteiger partial charge in [-0.3, -0.25) is 4.79 Å². The number of Topliss-reactive ketones (excluding diaryl/α,β-unsaturated/α-hetero) is 1. The number of ketones is 1. The number of hydrogen-bond donors (Lipinski definition) is 0. The predicted molar refractivity (Wildman–Crippen MR) is 71.6 cm³/mol. The average Bonchev–Trinajstić information content (AvgIpc) is 2.48. The molecule has 1 aliphatic rings. The van der Waals surface area contributed by atoms with E-state index in [-0.39, 0.29) is 18.5 Å². The van der Waals surface area contributed by atoms with Crippen LogP contribution in [0.1, 0.15) is 36.5 Å². The molecule has 0 radical (unpaired) electrons. The molecule has 20 heavy (non-hydrogen) atoms. The zero-order valence-electron chi connectivity index (χ0n) is 11.5. The Morgan fingerprint density at radius 2 is 2.20 bits per heavy atom. The van der Waals surface area contributed by atoms with Crippen molar-refractivity contribution in [2.45, 2.75) is 32.5 Å². The molecule has 1 saturated heterocycles. The van der Waals surface area contributed by atoms with E-state index in [0.29, 0.717) is 12.4 Å². The normalized spacial score (nSPS) is 18.4. The molecule has 0 saturated carbocycles. The molecular weight excluding hydrogens is 260 g/mol. The first-order valence-electron chi connectivity index (χ1n) is 6.80. The third-order valence-corrected chi connectivity index (χ3v) is 2.96. The Kier molecular flexibility index (Phi) is 5.12. The van der Waals surface area contributed by atoms with Gasteiger partial charge in [-0.25, -0.2) is 4.79 Å². The number of esters is 1. The summed E-state index contributed by atoms with van der Waals surface area (Å²) < 4.78 is 15.8. The minimum Gasteiger partial charge on any atom is -0.465 e. The quantitative estimate of drug-likeness (QED) is 0.470. The highest BCUT2D eigenvalue weighted by atomic mass is 16.7. The van der Waals surface area contributed by atoms with E-state index < -0.39 is 11.8 Å². The van der Waals surface area contributed by atoms with Gasteiger partial charge in [0.25, 0.3) is 5.78 Å². The van der Waals surface area contributed by atoms with Crippen molar-refractivity contribution in [1.29, 1.82) is 0 Å². The fraction of sp³-hybridized carbons (Fsp3) is 0.467. The molecule has 1 fully saturated rings. The zero-order chi connectivity index (χ0) is 14.4. The highest BCUT2D eigenvalue weighted by Gasteiger charge is 2.19. The lowest BCUT2D eigenvalue weighted by Crippen LogP contribution is -2.25. The van der Waals surface area contributed by atoms with Gasteiger partial charge in [-0.1, -0.05) is 12.1 Å². The molecular formula is C15H18O5. The Morgan fingerprint density at radius 3 is 2.90 bits per heavy atom. The minimum absolute atomic E-state index is 0.177. The van der Waals surface area contributed by atoms with Crippen LogP contribution in [-0.4, -0.2) is 31.3 Å². The molecule has 2 rings (SSSR count). The van der Waals surface area contributed by atoms with Crippen molar-refractivity contribution in [1.82, 2.24) is 0 Å². The molecule has 1 aromatic carbocycles. The average molecular weight is 278 g/mol. The molecule has 1 aromatic rings. The molecule has 1 atom stereocenters. The van der Waals surface area contributed by atoms with Gasteiger partial charge < -0.3 is 14.2 Å². The first-order valence-corrected chi connectivity index (χ1v) is 6.80. The third kappa shape index (κ3) is 3.81. The molecule has 5 nitrogen and oxygen atoms in total. The Morgan fingerprint density at radius 1 is 1.35 bits per heavy atom. The van der Waals surface area contributed by atoms with Crippen LogP contribution in [0.3, 0.4) is 0 Å². The Bertz CT molecular complexity index is 477. The van der Waals surface area contributed by atoms with Gasteiger partial charge >= 0.3 is 5.97 Å². The molecule has 0 unspecified atom stereocenters. The fourth-order valence-corrected chi connectivity index (χ4v) is 1.98. The summed E-state index contributed by atoms with van der Waals surface area (Å²) in [4.78, 5) is 23.2. The SMILES string of the molecule is CCOC(=O)C(=O)c1cccc(O[C@H]2CCCCO2)c1. The maximum Gasteiger partial charge on any atom is 0.379 e. The topological polar surface area (TPSA) is 61.8 Å². The van der Waals surface area contributed by atoms with E-state index in [2.05, 4.69) is 0 Å². The lowest BCUT2D eigenvalue weighted by Gasteiger charge is -2.23. The molecule has 0 spiro atoms. The summed E-state index contributed by atoms with van der Waals surface area (Å²) in [6.07, 6.45) is 2.65. The van der Waals surface area contributed by atoms with Crippen LogP contribution < -0.4 is 4.74 Å². The van der Waals surface area contributed by atoms with Gasteiger partial charge in [0, 0.05) is 12.0 Å². The molecule has 108 valence electrons. The molecule has 0 N–H and O–H groups in total. The lowest BCUT2D eigenvalue weighted by molar-refractivity contribution is -0.137. The fourth-order valence-electron chi connectivity index (χ4n) is 1.98. The summed E-state index contributed by atoms with van der Waals surface area (Å²) in [6, 6.07) is 6.51. The van der Waals surface area contributed by atoms with Crippen molar-refractivity contribution in [3.05, 3.63) is 29.8 Å². The van der Waals surface area contributed by atoms with Crippen molar-refractivity contribution >= 4 is 11.8 Å². The second-order valence-electron chi connectivity index (χ2n) is 4.49. The maximum absolute atomic E-state index is 11.8. The van der Waals surface area contributed by atoms with E-state index in [1.807, 2.05) is 0 Å². The number of rotatable bonds is 5. The largest absolute Gasteiger partial charge is 0.465 e. The second-order valence-corrected chi connectivity index (χ2v) is 4.49. The van der Waals surface area contributed by atoms with Gasteiger partial charge in [0.1, 0.15) is 5.75 Å². The van der Waals surface area contributed by atoms with Crippen molar-refractivity contribution in [3.63, 3.8) is 0 Å². The number of carbonyl (C=O) groups is 2. The standard InChI is InChI=1S/C15H18O5/c1-2-18-15(17)14(16)11-6-5-7-12(10-11)20-13-8-3-4-9-19-13/h5-7,10,13H,2-4,8-9H2,1H3/t13-/m0/s1. The van der Waals surface area contributed by atoms with Crippen molar-refractivity contribution in [2.24, 2.45) is 0 Å². The van der Waals surface area contributed by atoms with Crippen LogP contribution in [0, 0.1) is 0 Å². The van der Waals surface area contributed by atoms with E-state index in [1.165, 1.54) is 6.07 Å². The van der Waals surface area contributed by atoms with Crippen molar-refractivity contribution in [3.8, 4) is 5.75 Å². The Hall–Kier alpha value is -1.88. The van der Waals surface area contributed by atoms with Crippen molar-refractivity contribution < 1.29 is 23.8 Å². The molecule has 1 aliphatic heterocycles. The summed E-state index contributed by atoms with van der Waals surface area (Å²) in [5.41, 5.74) is 0.261. The number of ether oxygens (including phenoxy) is 3. The van der Waals surface area contributed by atoms with Gasteiger partial charge in [-0.2, -0.15) is 0 Å². The maximum atomic E-state index is 11.8. The smallest absolute Gasteiger partial charge is 0.379 e. The van der Waals surface area contributed by atoms with E-state index in [1.54, 1.807) is 25.1 Å². The van der Waals surface area contributed by atoms with Gasteiger partial charge in [-0.05, 0) is 31.9 Å². The summed E-state index contributed by atoms with van der Waals surface area (Å²) in [5.74, 6) is -0.993. The predicted octanol–water partition coefficient (Wildman–Crippen LogP) is 2.34. The van der Waals surface area contributed by atoms with Gasteiger partial charge in [0.2, 0.25) is 0 Å². The summed E-state index contributed by atoms with van der Waals surface area (Å²) in [5, 5.41) is 0. The van der Waals surface area contributed by atoms with Crippen LogP contribution in [0.2, 0.25) is 0 Å². The Labute approximate surface area is 117 Å². The van der Waals surface area contributed by atoms with E-state index in [9.17, 15) is 9.59 Å². The van der Waals surface area contributed by atoms with E-state index in [4.69, 9.17) is 14.2 Å². The van der Waals surface area contributed by atoms with E-state index in [0.717, 1.165) is 19.3 Å². The minimum atomic E-state index is -0.849. The Balaban J connectivity index is 2.03. The molecule has 0 aliphatic carbocycles. The van der Waals surface area contributed by atoms with Crippen LogP contribution in [-0.2, 0) is 14.3 Å². The summed E-state index contributed by atoms with van der Waals surface area (Å²) >= 11 is 0. The van der Waals surface area contributed by atoms with Gasteiger partial charge in [-0.15, -0.1) is 0 Å². The molecule has 0 aromatic heterocycles. The number of carbonyl (C=O) groups excluding carboxylic acids is 2.